The summed E-state index contributed by atoms with van der Waals surface area (Å²) in [7, 11) is 0. The van der Waals surface area contributed by atoms with Crippen LogP contribution in [0.1, 0.15) is 76.8 Å². The van der Waals surface area contributed by atoms with E-state index in [0.717, 1.165) is 28.0 Å². The Morgan fingerprint density at radius 3 is 1.94 bits per heavy atom. The van der Waals surface area contributed by atoms with Crippen LogP contribution in [-0.4, -0.2) is 16.0 Å². The number of carbonyl (C=O) groups is 1. The van der Waals surface area contributed by atoms with Crippen molar-refractivity contribution >= 4 is 28.8 Å². The summed E-state index contributed by atoms with van der Waals surface area (Å²) in [6.07, 6.45) is 0. The normalized spacial score (nSPS) is 17.3. The second-order valence-electron chi connectivity index (χ2n) is 10.2. The number of carbonyl (C=O) groups excluding carboxylic acids is 1. The molecule has 2 aromatic rings. The van der Waals surface area contributed by atoms with Gasteiger partial charge in [-0.3, -0.25) is 4.79 Å². The van der Waals surface area contributed by atoms with Gasteiger partial charge >= 0.3 is 0 Å². The standard InChI is InChI=1S/C26H32N2O2S/c1-15(29)20-21(16-11-9-8-10-12-16)27-24(31)28-22(20)17-13-18(25(2,3)4)23(30)19(14-17)26(5,6)7/h8-14,22,30H,1-7H3,(H2,27,28,31)/t22-/m1/s1. The van der Waals surface area contributed by atoms with Gasteiger partial charge in [0.25, 0.3) is 0 Å². The molecule has 4 nitrogen and oxygen atoms in total. The molecule has 1 atom stereocenters. The Labute approximate surface area is 190 Å². The lowest BCUT2D eigenvalue weighted by Gasteiger charge is -2.34. The van der Waals surface area contributed by atoms with Crippen LogP contribution in [0.2, 0.25) is 0 Å². The van der Waals surface area contributed by atoms with Crippen LogP contribution in [0.3, 0.4) is 0 Å². The van der Waals surface area contributed by atoms with Crippen LogP contribution >= 0.6 is 12.2 Å². The molecule has 0 amide bonds. The Morgan fingerprint density at radius 2 is 1.48 bits per heavy atom. The molecule has 0 saturated heterocycles. The summed E-state index contributed by atoms with van der Waals surface area (Å²) in [6, 6.07) is 13.4. The molecule has 0 saturated carbocycles. The zero-order chi connectivity index (χ0) is 23.1. The van der Waals surface area contributed by atoms with Crippen LogP contribution in [0.25, 0.3) is 5.70 Å². The van der Waals surface area contributed by atoms with Gasteiger partial charge in [0.1, 0.15) is 5.75 Å². The number of phenols is 1. The van der Waals surface area contributed by atoms with Gasteiger partial charge in [0.15, 0.2) is 10.9 Å². The van der Waals surface area contributed by atoms with Crippen LogP contribution in [0.15, 0.2) is 48.0 Å². The van der Waals surface area contributed by atoms with Gasteiger partial charge in [-0.1, -0.05) is 71.9 Å². The molecule has 164 valence electrons. The van der Waals surface area contributed by atoms with Gasteiger partial charge < -0.3 is 15.7 Å². The number of benzene rings is 2. The number of Topliss-reactive ketones (excluding diaryl/α,β-unsaturated/α-hetero) is 1. The van der Waals surface area contributed by atoms with Crippen LogP contribution in [0.4, 0.5) is 0 Å². The topological polar surface area (TPSA) is 61.4 Å². The van der Waals surface area contributed by atoms with Crippen molar-refractivity contribution < 1.29 is 9.90 Å². The molecule has 0 spiro atoms. The Kier molecular flexibility index (Phi) is 6.03. The predicted molar refractivity (Wildman–Crippen MR) is 131 cm³/mol. The zero-order valence-corrected chi connectivity index (χ0v) is 20.2. The smallest absolute Gasteiger partial charge is 0.171 e. The maximum Gasteiger partial charge on any atom is 0.171 e. The Bertz CT molecular complexity index is 1020. The van der Waals surface area contributed by atoms with Crippen molar-refractivity contribution in [2.75, 3.05) is 0 Å². The fraction of sp³-hybridized carbons (Fsp3) is 0.385. The lowest BCUT2D eigenvalue weighted by molar-refractivity contribution is -0.113. The minimum Gasteiger partial charge on any atom is -0.507 e. The first-order valence-corrected chi connectivity index (χ1v) is 11.0. The van der Waals surface area contributed by atoms with Gasteiger partial charge in [-0.05, 0) is 64.4 Å². The molecule has 1 aliphatic rings. The summed E-state index contributed by atoms with van der Waals surface area (Å²) in [5.41, 5.74) is 4.35. The summed E-state index contributed by atoms with van der Waals surface area (Å²) in [4.78, 5) is 12.9. The minimum atomic E-state index is -0.413. The fourth-order valence-electron chi connectivity index (χ4n) is 3.99. The molecular weight excluding hydrogens is 404 g/mol. The predicted octanol–water partition coefficient (Wildman–Crippen LogP) is 5.51. The molecule has 0 aromatic heterocycles. The lowest BCUT2D eigenvalue weighted by Crippen LogP contribution is -2.44. The Balaban J connectivity index is 2.32. The van der Waals surface area contributed by atoms with Gasteiger partial charge in [0.05, 0.1) is 11.7 Å². The highest BCUT2D eigenvalue weighted by Crippen LogP contribution is 2.42. The van der Waals surface area contributed by atoms with Crippen molar-refractivity contribution in [2.24, 2.45) is 0 Å². The van der Waals surface area contributed by atoms with Crippen molar-refractivity contribution in [3.63, 3.8) is 0 Å². The Morgan fingerprint density at radius 1 is 0.968 bits per heavy atom. The second kappa shape index (κ2) is 8.12. The highest BCUT2D eigenvalue weighted by Gasteiger charge is 2.33. The van der Waals surface area contributed by atoms with Gasteiger partial charge in [-0.25, -0.2) is 0 Å². The van der Waals surface area contributed by atoms with Gasteiger partial charge in [0.2, 0.25) is 0 Å². The van der Waals surface area contributed by atoms with Crippen LogP contribution in [0, 0.1) is 0 Å². The highest BCUT2D eigenvalue weighted by atomic mass is 32.1. The number of hydrogen-bond acceptors (Lipinski definition) is 3. The molecule has 0 bridgehead atoms. The highest BCUT2D eigenvalue weighted by molar-refractivity contribution is 7.80. The number of thiocarbonyl (C=S) groups is 1. The van der Waals surface area contributed by atoms with Crippen molar-refractivity contribution in [1.29, 1.82) is 0 Å². The second-order valence-corrected chi connectivity index (χ2v) is 10.6. The molecule has 0 aliphatic carbocycles. The fourth-order valence-corrected chi connectivity index (χ4v) is 4.21. The van der Waals surface area contributed by atoms with E-state index in [0.29, 0.717) is 16.4 Å². The third kappa shape index (κ3) is 4.67. The molecule has 1 heterocycles. The summed E-state index contributed by atoms with van der Waals surface area (Å²) in [5, 5.41) is 18.1. The molecule has 3 N–H and O–H groups in total. The molecule has 5 heteroatoms. The van der Waals surface area contributed by atoms with E-state index in [1.54, 1.807) is 6.92 Å². The van der Waals surface area contributed by atoms with E-state index in [9.17, 15) is 9.90 Å². The average Bonchev–Trinajstić information content (AvgIpc) is 2.66. The van der Waals surface area contributed by atoms with Crippen LogP contribution in [0.5, 0.6) is 5.75 Å². The number of ketones is 1. The maximum atomic E-state index is 12.9. The van der Waals surface area contributed by atoms with Crippen molar-refractivity contribution in [3.05, 3.63) is 70.3 Å². The van der Waals surface area contributed by atoms with Gasteiger partial charge in [0, 0.05) is 5.57 Å². The average molecular weight is 437 g/mol. The van der Waals surface area contributed by atoms with Crippen molar-refractivity contribution in [1.82, 2.24) is 10.6 Å². The first kappa shape index (κ1) is 23.0. The largest absolute Gasteiger partial charge is 0.507 e. The van der Waals surface area contributed by atoms with Crippen molar-refractivity contribution in [3.8, 4) is 5.75 Å². The summed E-state index contributed by atoms with van der Waals surface area (Å²) < 4.78 is 0. The quantitative estimate of drug-likeness (QED) is 0.554. The van der Waals surface area contributed by atoms with Crippen molar-refractivity contribution in [2.45, 2.75) is 65.3 Å². The van der Waals surface area contributed by atoms with E-state index in [2.05, 4.69) is 52.2 Å². The third-order valence-corrected chi connectivity index (χ3v) is 5.82. The zero-order valence-electron chi connectivity index (χ0n) is 19.4. The van der Waals surface area contributed by atoms with Crippen LogP contribution < -0.4 is 10.6 Å². The number of aromatic hydroxyl groups is 1. The molecule has 0 radical (unpaired) electrons. The molecule has 0 unspecified atom stereocenters. The van der Waals surface area contributed by atoms with Crippen LogP contribution in [-0.2, 0) is 15.6 Å². The third-order valence-electron chi connectivity index (χ3n) is 5.60. The molecule has 2 aromatic carbocycles. The van der Waals surface area contributed by atoms with E-state index in [-0.39, 0.29) is 16.6 Å². The summed E-state index contributed by atoms with van der Waals surface area (Å²) >= 11 is 5.52. The van der Waals surface area contributed by atoms with E-state index >= 15 is 0 Å². The maximum absolute atomic E-state index is 12.9. The SMILES string of the molecule is CC(=O)C1=C(c2ccccc2)NC(=S)N[C@@H]1c1cc(C(C)(C)C)c(O)c(C(C)(C)C)c1. The number of rotatable bonds is 3. The van der Waals surface area contributed by atoms with Gasteiger partial charge in [-0.15, -0.1) is 0 Å². The van der Waals surface area contributed by atoms with E-state index in [1.165, 1.54) is 0 Å². The molecular formula is C26H32N2O2S. The lowest BCUT2D eigenvalue weighted by atomic mass is 9.76. The van der Waals surface area contributed by atoms with E-state index in [4.69, 9.17) is 12.2 Å². The molecule has 0 fully saturated rings. The number of nitrogens with one attached hydrogen (secondary N) is 2. The van der Waals surface area contributed by atoms with E-state index in [1.807, 2.05) is 42.5 Å². The van der Waals surface area contributed by atoms with E-state index < -0.39 is 6.04 Å². The summed E-state index contributed by atoms with van der Waals surface area (Å²) in [5.74, 6) is 0.283. The first-order chi connectivity index (χ1) is 14.3. The monoisotopic (exact) mass is 436 g/mol. The molecule has 1 aliphatic heterocycles. The summed E-state index contributed by atoms with van der Waals surface area (Å²) in [6.45, 7) is 14.1. The van der Waals surface area contributed by atoms with Gasteiger partial charge in [-0.2, -0.15) is 0 Å². The number of phenolic OH excluding ortho intramolecular Hbond substituents is 1. The molecule has 3 rings (SSSR count). The minimum absolute atomic E-state index is 0.0333. The number of hydrogen-bond donors (Lipinski definition) is 3. The molecule has 31 heavy (non-hydrogen) atoms. The Hall–Kier alpha value is -2.66. The first-order valence-electron chi connectivity index (χ1n) is 10.6.